The van der Waals surface area contributed by atoms with Crippen LogP contribution >= 0.6 is 70.3 Å². The molecule has 0 spiro atoms. The Balaban J connectivity index is 0.000000179. The molecule has 10 aromatic carbocycles. The molecule has 10 rings (SSSR count). The molecule has 2 radical (unpaired) electrons. The van der Waals surface area contributed by atoms with Crippen LogP contribution in [0.1, 0.15) is 45.2 Å². The summed E-state index contributed by atoms with van der Waals surface area (Å²) in [6.45, 7) is 8.66. The number of halogens is 4. The summed E-state index contributed by atoms with van der Waals surface area (Å²) in [6, 6.07) is 84.7. The summed E-state index contributed by atoms with van der Waals surface area (Å²) in [7, 11) is 10.1. The van der Waals surface area contributed by atoms with Gasteiger partial charge in [0.05, 0.1) is 22.9 Å². The molecule has 0 N–H and O–H groups in total. The van der Waals surface area contributed by atoms with Gasteiger partial charge < -0.3 is 0 Å². The number of rotatable bonds is 12. The van der Waals surface area contributed by atoms with Crippen molar-refractivity contribution < 1.29 is 9.50 Å². The summed E-state index contributed by atoms with van der Waals surface area (Å²) < 4.78 is 0. The molecule has 0 aliphatic carbocycles. The second kappa shape index (κ2) is 27.9. The predicted octanol–water partition coefficient (Wildman–Crippen LogP) is 18.7. The van der Waals surface area contributed by atoms with Crippen LogP contribution in [-0.2, 0) is 9.50 Å². The Morgan fingerprint density at radius 2 is 0.743 bits per heavy atom. The molecule has 354 valence electrons. The standard InChI is InChI=1S/2C30H26P.C2H6Si.2ClH.2HI.Zr/c2*1-22-18-25-15-9-17-28(29(25)19-22)26-14-8-16-27(20-26)31-21-30(23-10-4-2-5-11-23)24-12-6-3-7-13-24;1-3-2;;;;;/h2*2-20,30-31H,21H2,1H3;1-2H3;4*1H;/q2*-1;;;;;;+4/p-2. The molecular formula is C62H60Cl2I2P2SiZr. The fraction of sp³-hybridized carbons (Fsp3) is 0.129. The van der Waals surface area contributed by atoms with Gasteiger partial charge in [0.1, 0.15) is 0 Å². The van der Waals surface area contributed by atoms with Gasteiger partial charge in [-0.15, -0.1) is 69.1 Å². The quantitative estimate of drug-likeness (QED) is 0.0495. The third kappa shape index (κ3) is 16.5. The first kappa shape index (κ1) is 54.7. The molecule has 8 heteroatoms. The second-order valence-electron chi connectivity index (χ2n) is 17.5. The maximum absolute atomic E-state index is 5.48. The summed E-state index contributed by atoms with van der Waals surface area (Å²) in [5.41, 5.74) is 13.7. The van der Waals surface area contributed by atoms with E-state index in [-0.39, 0.29) is 17.2 Å². The molecular weight excluding hydrogens is 1250 g/mol. The zero-order chi connectivity index (χ0) is 49.3. The van der Waals surface area contributed by atoms with Crippen molar-refractivity contribution >= 4 is 112 Å². The Labute approximate surface area is 453 Å². The molecule has 2 unspecified atom stereocenters. The Hall–Kier alpha value is -3.02. The van der Waals surface area contributed by atoms with Gasteiger partial charge in [-0.3, -0.25) is 0 Å². The average Bonchev–Trinajstić information content (AvgIpc) is 3.96. The number of benzene rings is 8. The fourth-order valence-corrected chi connectivity index (χ4v) is 12.3. The Morgan fingerprint density at radius 1 is 0.443 bits per heavy atom. The van der Waals surface area contributed by atoms with E-state index < -0.39 is 9.50 Å². The van der Waals surface area contributed by atoms with Crippen LogP contribution in [0.5, 0.6) is 0 Å². The minimum absolute atomic E-state index is 0.170. The predicted molar refractivity (Wildman–Crippen MR) is 335 cm³/mol. The molecule has 2 atom stereocenters. The van der Waals surface area contributed by atoms with Crippen LogP contribution in [0.2, 0.25) is 13.1 Å². The van der Waals surface area contributed by atoms with E-state index in [1.54, 1.807) is 0 Å². The van der Waals surface area contributed by atoms with Gasteiger partial charge in [0.25, 0.3) is 0 Å². The molecule has 0 aromatic heterocycles. The van der Waals surface area contributed by atoms with Gasteiger partial charge in [0, 0.05) is 38.5 Å². The molecule has 0 saturated heterocycles. The van der Waals surface area contributed by atoms with Crippen molar-refractivity contribution in [3.63, 3.8) is 0 Å². The van der Waals surface area contributed by atoms with E-state index >= 15 is 0 Å². The van der Waals surface area contributed by atoms with Gasteiger partial charge in [0.2, 0.25) is 0 Å². The SMILES string of the molecule is C[Si]C.Cc1cc2c(-c3cccc([PH2+]CC(c4ccccc4)c4ccccc4)c3)cccc2[cH-]1.Cc1cc2c(-c3cccc([PH2+]CC(c4ccccc4)c4ccccc4)c3)cccc2[cH-]1.[Cl][Zr]([Cl])([I])[I]. The molecule has 10 aromatic rings. The summed E-state index contributed by atoms with van der Waals surface area (Å²) in [4.78, 5) is 0. The van der Waals surface area contributed by atoms with Crippen molar-refractivity contribution in [1.82, 2.24) is 0 Å². The molecule has 0 fully saturated rings. The maximum atomic E-state index is 5.48. The van der Waals surface area contributed by atoms with Gasteiger partial charge in [-0.2, -0.15) is 12.1 Å². The summed E-state index contributed by atoms with van der Waals surface area (Å²) in [6.07, 6.45) is 2.36. The first-order valence-corrected chi connectivity index (χ1v) is 49.4. The van der Waals surface area contributed by atoms with Gasteiger partial charge in [-0.1, -0.05) is 196 Å². The van der Waals surface area contributed by atoms with Gasteiger partial charge >= 0.3 is 62.6 Å². The number of aryl methyl sites for hydroxylation is 2. The van der Waals surface area contributed by atoms with Gasteiger partial charge in [-0.25, -0.2) is 0 Å². The Morgan fingerprint density at radius 3 is 1.06 bits per heavy atom. The van der Waals surface area contributed by atoms with Crippen molar-refractivity contribution in [2.75, 3.05) is 12.3 Å². The normalized spacial score (nSPS) is 11.5. The van der Waals surface area contributed by atoms with Crippen molar-refractivity contribution in [1.29, 1.82) is 0 Å². The van der Waals surface area contributed by atoms with Crippen LogP contribution in [0.4, 0.5) is 0 Å². The van der Waals surface area contributed by atoms with E-state index in [1.165, 1.54) is 100 Å². The van der Waals surface area contributed by atoms with Crippen LogP contribution in [-0.4, -0.2) is 21.8 Å². The van der Waals surface area contributed by atoms with Crippen LogP contribution in [0.15, 0.2) is 231 Å². The molecule has 0 amide bonds. The van der Waals surface area contributed by atoms with Gasteiger partial charge in [0.15, 0.2) is 0 Å². The van der Waals surface area contributed by atoms with E-state index in [4.69, 9.17) is 17.0 Å². The zero-order valence-electron chi connectivity index (χ0n) is 40.2. The third-order valence-corrected chi connectivity index (χ3v) is 15.2. The molecule has 0 saturated carbocycles. The van der Waals surface area contributed by atoms with Crippen molar-refractivity contribution in [2.24, 2.45) is 0 Å². The third-order valence-electron chi connectivity index (χ3n) is 12.2. The van der Waals surface area contributed by atoms with Crippen LogP contribution in [0.25, 0.3) is 43.8 Å². The van der Waals surface area contributed by atoms with E-state index in [0.717, 1.165) is 9.52 Å². The first-order valence-electron chi connectivity index (χ1n) is 23.7. The zero-order valence-corrected chi connectivity index (χ0v) is 51.8. The van der Waals surface area contributed by atoms with E-state index in [0.29, 0.717) is 11.8 Å². The van der Waals surface area contributed by atoms with Crippen LogP contribution in [0.3, 0.4) is 0 Å². The second-order valence-corrected chi connectivity index (χ2v) is 78.0. The number of hydrogen-bond donors (Lipinski definition) is 0. The topological polar surface area (TPSA) is 0 Å². The van der Waals surface area contributed by atoms with Crippen molar-refractivity contribution in [3.8, 4) is 22.3 Å². The molecule has 0 nitrogen and oxygen atoms in total. The van der Waals surface area contributed by atoms with Crippen molar-refractivity contribution in [2.45, 2.75) is 38.8 Å². The number of hydrogen-bond acceptors (Lipinski definition) is 0. The molecule has 0 heterocycles. The van der Waals surface area contributed by atoms with Crippen LogP contribution in [0, 0.1) is 13.8 Å². The average molecular weight is 1310 g/mol. The molecule has 70 heavy (non-hydrogen) atoms. The van der Waals surface area contributed by atoms with E-state index in [2.05, 4.69) is 294 Å². The Kier molecular flexibility index (Phi) is 21.8. The fourth-order valence-electron chi connectivity index (χ4n) is 9.12. The number of fused-ring (bicyclic) bond motifs is 2. The summed E-state index contributed by atoms with van der Waals surface area (Å²) in [5, 5.41) is 8.35. The Bertz CT molecular complexity index is 2850. The minimum atomic E-state index is -2.30. The van der Waals surface area contributed by atoms with Crippen LogP contribution < -0.4 is 10.6 Å². The van der Waals surface area contributed by atoms with E-state index in [9.17, 15) is 0 Å². The molecule has 0 bridgehead atoms. The summed E-state index contributed by atoms with van der Waals surface area (Å²) in [5.74, 6) is 0.893. The summed E-state index contributed by atoms with van der Waals surface area (Å²) >= 11 is 4.21. The molecule has 0 aliphatic rings. The first-order chi connectivity index (χ1) is 34.0. The van der Waals surface area contributed by atoms with E-state index in [1.807, 2.05) is 0 Å². The van der Waals surface area contributed by atoms with Crippen molar-refractivity contribution in [3.05, 3.63) is 264 Å². The monoisotopic (exact) mass is 1310 g/mol. The molecule has 0 aliphatic heterocycles. The van der Waals surface area contributed by atoms with Gasteiger partial charge in [-0.05, 0) is 57.6 Å².